The molecule has 0 spiro atoms. The second kappa shape index (κ2) is 17.4. The van der Waals surface area contributed by atoms with E-state index in [0.717, 1.165) is 48.3 Å². The van der Waals surface area contributed by atoms with Crippen LogP contribution in [0.15, 0.2) is 48.5 Å². The molecule has 0 saturated heterocycles. The highest BCUT2D eigenvalue weighted by Gasteiger charge is 2.13. The number of rotatable bonds is 20. The fraction of sp³-hybridized carbons (Fsp3) is 0.586. The summed E-state index contributed by atoms with van der Waals surface area (Å²) >= 11 is 0. The van der Waals surface area contributed by atoms with Crippen molar-refractivity contribution in [1.82, 2.24) is 0 Å². The lowest BCUT2D eigenvalue weighted by atomic mass is 10.0. The minimum absolute atomic E-state index is 0.176. The Bertz CT molecular complexity index is 912. The molecule has 0 amide bonds. The maximum atomic E-state index is 10.8. The van der Waals surface area contributed by atoms with Gasteiger partial charge in [-0.05, 0) is 37.0 Å². The summed E-state index contributed by atoms with van der Waals surface area (Å²) in [6.45, 7) is 3.51. The van der Waals surface area contributed by atoms with Crippen molar-refractivity contribution >= 4 is 10.1 Å². The van der Waals surface area contributed by atoms with Crippen molar-refractivity contribution in [3.8, 4) is 22.6 Å². The highest BCUT2D eigenvalue weighted by atomic mass is 32.2. The smallest absolute Gasteiger partial charge is 0.264 e. The molecule has 0 bridgehead atoms. The Morgan fingerprint density at radius 3 is 1.63 bits per heavy atom. The van der Waals surface area contributed by atoms with Crippen LogP contribution >= 0.6 is 0 Å². The Balaban J connectivity index is 1.82. The molecule has 0 fully saturated rings. The summed E-state index contributed by atoms with van der Waals surface area (Å²) in [7, 11) is -3.87. The van der Waals surface area contributed by atoms with E-state index in [0.29, 0.717) is 19.6 Å². The lowest BCUT2D eigenvalue weighted by molar-refractivity contribution is 0.292. The van der Waals surface area contributed by atoms with Gasteiger partial charge in [0.25, 0.3) is 10.1 Å². The predicted molar refractivity (Wildman–Crippen MR) is 145 cm³/mol. The SMILES string of the molecule is CCCCCCCCCCCOc1cccc(OCCCCCCS(=O)(=O)O)c1-c1ccccc1. The van der Waals surface area contributed by atoms with Crippen LogP contribution in [0.25, 0.3) is 11.1 Å². The molecular weight excluding hydrogens is 460 g/mol. The van der Waals surface area contributed by atoms with Gasteiger partial charge >= 0.3 is 0 Å². The van der Waals surface area contributed by atoms with Gasteiger partial charge in [0, 0.05) is 0 Å². The molecule has 0 aliphatic heterocycles. The van der Waals surface area contributed by atoms with Gasteiger partial charge in [-0.2, -0.15) is 8.42 Å². The van der Waals surface area contributed by atoms with E-state index in [1.54, 1.807) is 0 Å². The van der Waals surface area contributed by atoms with Crippen LogP contribution in [-0.4, -0.2) is 31.9 Å². The van der Waals surface area contributed by atoms with Crippen molar-refractivity contribution in [2.75, 3.05) is 19.0 Å². The van der Waals surface area contributed by atoms with E-state index in [9.17, 15) is 8.42 Å². The minimum atomic E-state index is -3.87. The van der Waals surface area contributed by atoms with Crippen LogP contribution in [0.4, 0.5) is 0 Å². The first kappa shape index (κ1) is 29.2. The Morgan fingerprint density at radius 2 is 1.11 bits per heavy atom. The van der Waals surface area contributed by atoms with Gasteiger partial charge in [0.1, 0.15) is 11.5 Å². The number of hydrogen-bond acceptors (Lipinski definition) is 4. The summed E-state index contributed by atoms with van der Waals surface area (Å²) in [5.41, 5.74) is 2.05. The second-order valence-corrected chi connectivity index (χ2v) is 10.8. The van der Waals surface area contributed by atoms with Gasteiger partial charge in [-0.1, -0.05) is 108 Å². The molecule has 0 heterocycles. The summed E-state index contributed by atoms with van der Waals surface area (Å²) in [6.07, 6.45) is 14.5. The standard InChI is InChI=1S/C29H44O5S/c1-2-3-4-5-6-7-8-9-15-23-33-27-21-18-22-28(29(27)26-19-13-12-14-20-26)34-24-16-10-11-17-25-35(30,31)32/h12-14,18-22H,2-11,15-17,23-25H2,1H3,(H,30,31,32). The minimum Gasteiger partial charge on any atom is -0.493 e. The van der Waals surface area contributed by atoms with Crippen LogP contribution in [0.1, 0.15) is 90.4 Å². The Kier molecular flexibility index (Phi) is 14.5. The fourth-order valence-electron chi connectivity index (χ4n) is 4.16. The zero-order chi connectivity index (χ0) is 25.2. The number of unbranched alkanes of at least 4 members (excludes halogenated alkanes) is 11. The molecule has 2 rings (SSSR count). The van der Waals surface area contributed by atoms with Gasteiger partial charge in [-0.25, -0.2) is 0 Å². The molecule has 0 aromatic heterocycles. The van der Waals surface area contributed by atoms with Crippen LogP contribution in [0, 0.1) is 0 Å². The molecule has 2 aromatic rings. The Labute approximate surface area is 213 Å². The van der Waals surface area contributed by atoms with E-state index in [4.69, 9.17) is 14.0 Å². The molecule has 0 atom stereocenters. The first-order valence-electron chi connectivity index (χ1n) is 13.4. The van der Waals surface area contributed by atoms with Crippen LogP contribution in [-0.2, 0) is 10.1 Å². The molecule has 0 aliphatic carbocycles. The third kappa shape index (κ3) is 13.0. The van der Waals surface area contributed by atoms with E-state index in [1.807, 2.05) is 36.4 Å². The third-order valence-corrected chi connectivity index (χ3v) is 6.91. The monoisotopic (exact) mass is 504 g/mol. The molecule has 0 radical (unpaired) electrons. The van der Waals surface area contributed by atoms with Gasteiger partial charge in [0.15, 0.2) is 0 Å². The molecule has 6 heteroatoms. The first-order chi connectivity index (χ1) is 17.0. The first-order valence-corrected chi connectivity index (χ1v) is 15.0. The maximum Gasteiger partial charge on any atom is 0.264 e. The molecule has 0 aliphatic rings. The van der Waals surface area contributed by atoms with E-state index >= 15 is 0 Å². The summed E-state index contributed by atoms with van der Waals surface area (Å²) < 4.78 is 42.8. The third-order valence-electron chi connectivity index (χ3n) is 6.11. The lowest BCUT2D eigenvalue weighted by Crippen LogP contribution is -2.04. The van der Waals surface area contributed by atoms with E-state index < -0.39 is 10.1 Å². The topological polar surface area (TPSA) is 72.8 Å². The Morgan fingerprint density at radius 1 is 0.629 bits per heavy atom. The molecule has 0 unspecified atom stereocenters. The van der Waals surface area contributed by atoms with Crippen molar-refractivity contribution in [2.24, 2.45) is 0 Å². The van der Waals surface area contributed by atoms with Crippen molar-refractivity contribution in [2.45, 2.75) is 90.4 Å². The van der Waals surface area contributed by atoms with Crippen molar-refractivity contribution < 1.29 is 22.4 Å². The molecule has 2 aromatic carbocycles. The number of hydrogen-bond donors (Lipinski definition) is 1. The van der Waals surface area contributed by atoms with Gasteiger partial charge in [-0.3, -0.25) is 4.55 Å². The van der Waals surface area contributed by atoms with E-state index in [2.05, 4.69) is 19.1 Å². The average Bonchev–Trinajstić information content (AvgIpc) is 2.84. The van der Waals surface area contributed by atoms with E-state index in [-0.39, 0.29) is 5.75 Å². The van der Waals surface area contributed by atoms with Crippen molar-refractivity contribution in [1.29, 1.82) is 0 Å². The molecule has 5 nitrogen and oxygen atoms in total. The fourth-order valence-corrected chi connectivity index (χ4v) is 4.73. The van der Waals surface area contributed by atoms with Crippen molar-refractivity contribution in [3.05, 3.63) is 48.5 Å². The zero-order valence-corrected chi connectivity index (χ0v) is 22.2. The van der Waals surface area contributed by atoms with Gasteiger partial charge in [-0.15, -0.1) is 0 Å². The summed E-state index contributed by atoms with van der Waals surface area (Å²) in [5, 5.41) is 0. The highest BCUT2D eigenvalue weighted by Crippen LogP contribution is 2.38. The maximum absolute atomic E-state index is 10.8. The van der Waals surface area contributed by atoms with Crippen LogP contribution in [0.5, 0.6) is 11.5 Å². The highest BCUT2D eigenvalue weighted by molar-refractivity contribution is 7.85. The second-order valence-electron chi connectivity index (χ2n) is 9.22. The van der Waals surface area contributed by atoms with Crippen molar-refractivity contribution in [3.63, 3.8) is 0 Å². The largest absolute Gasteiger partial charge is 0.493 e. The summed E-state index contributed by atoms with van der Waals surface area (Å²) in [4.78, 5) is 0. The van der Waals surface area contributed by atoms with Crippen LogP contribution in [0.2, 0.25) is 0 Å². The van der Waals surface area contributed by atoms with Gasteiger partial charge in [0.05, 0.1) is 24.5 Å². The molecule has 0 saturated carbocycles. The number of ether oxygens (including phenoxy) is 2. The Hall–Kier alpha value is -2.05. The summed E-state index contributed by atoms with van der Waals surface area (Å²) in [6, 6.07) is 16.1. The lowest BCUT2D eigenvalue weighted by Gasteiger charge is -2.17. The van der Waals surface area contributed by atoms with E-state index in [1.165, 1.54) is 51.4 Å². The van der Waals surface area contributed by atoms with Crippen LogP contribution < -0.4 is 9.47 Å². The van der Waals surface area contributed by atoms with Gasteiger partial charge in [0.2, 0.25) is 0 Å². The normalized spacial score (nSPS) is 11.5. The zero-order valence-electron chi connectivity index (χ0n) is 21.4. The van der Waals surface area contributed by atoms with Gasteiger partial charge < -0.3 is 9.47 Å². The molecule has 196 valence electrons. The number of benzene rings is 2. The summed E-state index contributed by atoms with van der Waals surface area (Å²) in [5.74, 6) is 1.48. The predicted octanol–water partition coefficient (Wildman–Crippen LogP) is 8.09. The molecular formula is C29H44O5S. The average molecular weight is 505 g/mol. The molecule has 1 N–H and O–H groups in total. The molecule has 35 heavy (non-hydrogen) atoms. The van der Waals surface area contributed by atoms with Crippen LogP contribution in [0.3, 0.4) is 0 Å². The quantitative estimate of drug-likeness (QED) is 0.146.